The Balaban J connectivity index is 0.00000484. The number of guanidine groups is 1. The quantitative estimate of drug-likeness (QED) is 0.406. The smallest absolute Gasteiger partial charge is 0.193 e. The molecule has 23 heavy (non-hydrogen) atoms. The molecule has 5 nitrogen and oxygen atoms in total. The Kier molecular flexibility index (Phi) is 9.76. The molecule has 1 aromatic rings. The Labute approximate surface area is 164 Å². The van der Waals surface area contributed by atoms with Gasteiger partial charge in [-0.2, -0.15) is 0 Å². The molecule has 0 aliphatic carbocycles. The fraction of sp³-hybridized carbons (Fsp3) is 0.667. The average molecular weight is 475 g/mol. The monoisotopic (exact) mass is 474 g/mol. The van der Waals surface area contributed by atoms with Gasteiger partial charge in [-0.05, 0) is 26.8 Å². The molecule has 0 fully saturated rings. The van der Waals surface area contributed by atoms with E-state index in [1.807, 2.05) is 56.6 Å². The molecule has 1 N–H and O–H groups in total. The summed E-state index contributed by atoms with van der Waals surface area (Å²) >= 11 is 6.00. The van der Waals surface area contributed by atoms with Crippen LogP contribution in [0.1, 0.15) is 26.5 Å². The third-order valence-corrected chi connectivity index (χ3v) is 5.45. The van der Waals surface area contributed by atoms with Gasteiger partial charge in [-0.15, -0.1) is 24.0 Å². The van der Waals surface area contributed by atoms with E-state index in [0.29, 0.717) is 18.8 Å². The SMILES string of the molecule is CN=C(NCCS(=O)C(C)(C)C)N(C)Cc1cc(Cl)cn1C.I. The van der Waals surface area contributed by atoms with Crippen LogP contribution in [0.25, 0.3) is 0 Å². The van der Waals surface area contributed by atoms with E-state index in [1.165, 1.54) is 0 Å². The van der Waals surface area contributed by atoms with Crippen LogP contribution in [0, 0.1) is 0 Å². The molecule has 1 heterocycles. The fourth-order valence-corrected chi connectivity index (χ4v) is 3.16. The second-order valence-electron chi connectivity index (χ2n) is 6.25. The molecule has 8 heteroatoms. The van der Waals surface area contributed by atoms with Crippen LogP contribution in [0.15, 0.2) is 17.3 Å². The number of nitrogens with one attached hydrogen (secondary N) is 1. The van der Waals surface area contributed by atoms with Gasteiger partial charge in [0.05, 0.1) is 11.6 Å². The molecule has 0 aliphatic rings. The van der Waals surface area contributed by atoms with Crippen molar-refractivity contribution in [1.29, 1.82) is 0 Å². The van der Waals surface area contributed by atoms with Gasteiger partial charge in [0.15, 0.2) is 5.96 Å². The largest absolute Gasteiger partial charge is 0.355 e. The first-order valence-corrected chi connectivity index (χ1v) is 8.96. The number of hydrogen-bond donors (Lipinski definition) is 1. The Bertz CT molecular complexity index is 554. The fourth-order valence-electron chi connectivity index (χ4n) is 1.99. The normalized spacial score (nSPS) is 13.4. The molecular formula is C15H28ClIN4OS. The molecule has 0 radical (unpaired) electrons. The molecule has 1 unspecified atom stereocenters. The van der Waals surface area contributed by atoms with Gasteiger partial charge >= 0.3 is 0 Å². The van der Waals surface area contributed by atoms with Crippen LogP contribution < -0.4 is 5.32 Å². The summed E-state index contributed by atoms with van der Waals surface area (Å²) in [6.07, 6.45) is 1.88. The van der Waals surface area contributed by atoms with E-state index in [2.05, 4.69) is 10.3 Å². The second-order valence-corrected chi connectivity index (χ2v) is 9.01. The van der Waals surface area contributed by atoms with Crippen LogP contribution >= 0.6 is 35.6 Å². The van der Waals surface area contributed by atoms with Crippen LogP contribution in [-0.2, 0) is 24.4 Å². The van der Waals surface area contributed by atoms with Crippen LogP contribution in [0.3, 0.4) is 0 Å². The molecule has 0 bridgehead atoms. The lowest BCUT2D eigenvalue weighted by atomic mass is 10.3. The van der Waals surface area contributed by atoms with Crippen molar-refractivity contribution in [1.82, 2.24) is 14.8 Å². The minimum Gasteiger partial charge on any atom is -0.355 e. The predicted molar refractivity (Wildman–Crippen MR) is 111 cm³/mol. The maximum Gasteiger partial charge on any atom is 0.193 e. The zero-order chi connectivity index (χ0) is 16.9. The summed E-state index contributed by atoms with van der Waals surface area (Å²) in [5.74, 6) is 1.38. The number of aryl methyl sites for hydroxylation is 1. The van der Waals surface area contributed by atoms with Gasteiger partial charge in [-0.1, -0.05) is 11.6 Å². The highest BCUT2D eigenvalue weighted by Crippen LogP contribution is 2.14. The number of aromatic nitrogens is 1. The highest BCUT2D eigenvalue weighted by atomic mass is 127. The van der Waals surface area contributed by atoms with Crippen LogP contribution in [0.2, 0.25) is 5.02 Å². The molecule has 1 atom stereocenters. The number of aliphatic imine (C=N–C) groups is 1. The van der Waals surface area contributed by atoms with E-state index in [0.717, 1.165) is 16.7 Å². The molecule has 0 amide bonds. The lowest BCUT2D eigenvalue weighted by Gasteiger charge is -2.23. The van der Waals surface area contributed by atoms with E-state index in [4.69, 9.17) is 11.6 Å². The summed E-state index contributed by atoms with van der Waals surface area (Å²) in [6.45, 7) is 7.30. The van der Waals surface area contributed by atoms with Crippen molar-refractivity contribution in [3.05, 3.63) is 23.0 Å². The summed E-state index contributed by atoms with van der Waals surface area (Å²) < 4.78 is 13.9. The summed E-state index contributed by atoms with van der Waals surface area (Å²) in [4.78, 5) is 6.29. The standard InChI is InChI=1S/C15H27ClN4OS.HI/c1-15(2,3)22(21)8-7-18-14(17-4)20(6)11-13-9-12(16)10-19(13)5;/h9-10H,7-8,11H2,1-6H3,(H,17,18);1H. The number of rotatable bonds is 5. The average Bonchev–Trinajstić information content (AvgIpc) is 2.71. The van der Waals surface area contributed by atoms with Crippen LogP contribution in [0.4, 0.5) is 0 Å². The van der Waals surface area contributed by atoms with Gasteiger partial charge in [0.1, 0.15) is 0 Å². The number of halogens is 2. The van der Waals surface area contributed by atoms with Crippen molar-refractivity contribution >= 4 is 52.3 Å². The van der Waals surface area contributed by atoms with E-state index in [9.17, 15) is 4.21 Å². The van der Waals surface area contributed by atoms with Gasteiger partial charge in [-0.3, -0.25) is 9.20 Å². The maximum absolute atomic E-state index is 12.0. The molecule has 0 saturated carbocycles. The zero-order valence-electron chi connectivity index (χ0n) is 14.7. The molecule has 1 aromatic heterocycles. The third-order valence-electron chi connectivity index (χ3n) is 3.30. The third kappa shape index (κ3) is 7.43. The molecule has 134 valence electrons. The van der Waals surface area contributed by atoms with Crippen LogP contribution in [-0.4, -0.2) is 50.8 Å². The van der Waals surface area contributed by atoms with Crippen LogP contribution in [0.5, 0.6) is 0 Å². The van der Waals surface area contributed by atoms with E-state index >= 15 is 0 Å². The Morgan fingerprint density at radius 3 is 2.52 bits per heavy atom. The summed E-state index contributed by atoms with van der Waals surface area (Å²) in [5.41, 5.74) is 1.11. The number of nitrogens with zero attached hydrogens (tertiary/aromatic N) is 3. The van der Waals surface area contributed by atoms with Crippen molar-refractivity contribution in [2.75, 3.05) is 26.4 Å². The lowest BCUT2D eigenvalue weighted by molar-refractivity contribution is 0.464. The maximum atomic E-state index is 12.0. The lowest BCUT2D eigenvalue weighted by Crippen LogP contribution is -2.41. The summed E-state index contributed by atoms with van der Waals surface area (Å²) in [6, 6.07) is 1.94. The Hall–Kier alpha value is -0.280. The first kappa shape index (κ1) is 22.7. The number of hydrogen-bond acceptors (Lipinski definition) is 2. The molecule has 1 rings (SSSR count). The van der Waals surface area contributed by atoms with Crippen molar-refractivity contribution in [3.63, 3.8) is 0 Å². The predicted octanol–water partition coefficient (Wildman–Crippen LogP) is 2.85. The van der Waals surface area contributed by atoms with E-state index < -0.39 is 10.8 Å². The molecular weight excluding hydrogens is 447 g/mol. The van der Waals surface area contributed by atoms with Gasteiger partial charge in [-0.25, -0.2) is 0 Å². The van der Waals surface area contributed by atoms with Crippen molar-refractivity contribution < 1.29 is 4.21 Å². The van der Waals surface area contributed by atoms with Crippen molar-refractivity contribution in [3.8, 4) is 0 Å². The van der Waals surface area contributed by atoms with Crippen molar-refractivity contribution in [2.45, 2.75) is 32.1 Å². The Morgan fingerprint density at radius 2 is 2.09 bits per heavy atom. The molecule has 0 aliphatic heterocycles. The van der Waals surface area contributed by atoms with Crippen molar-refractivity contribution in [2.24, 2.45) is 12.0 Å². The summed E-state index contributed by atoms with van der Waals surface area (Å²) in [5, 5.41) is 3.99. The molecule has 0 saturated heterocycles. The summed E-state index contributed by atoms with van der Waals surface area (Å²) in [7, 11) is 4.82. The van der Waals surface area contributed by atoms with E-state index in [-0.39, 0.29) is 28.7 Å². The first-order chi connectivity index (χ1) is 10.1. The Morgan fingerprint density at radius 1 is 1.48 bits per heavy atom. The van der Waals surface area contributed by atoms with Gasteiger partial charge in [0, 0.05) is 60.9 Å². The minimum absolute atomic E-state index is 0. The molecule has 0 aromatic carbocycles. The highest BCUT2D eigenvalue weighted by Gasteiger charge is 2.19. The van der Waals surface area contributed by atoms with Gasteiger partial charge in [0.25, 0.3) is 0 Å². The topological polar surface area (TPSA) is 49.6 Å². The first-order valence-electron chi connectivity index (χ1n) is 7.26. The second kappa shape index (κ2) is 9.88. The molecule has 0 spiro atoms. The zero-order valence-corrected chi connectivity index (χ0v) is 18.6. The minimum atomic E-state index is -0.865. The van der Waals surface area contributed by atoms with Gasteiger partial charge < -0.3 is 14.8 Å². The van der Waals surface area contributed by atoms with Gasteiger partial charge in [0.2, 0.25) is 0 Å². The van der Waals surface area contributed by atoms with E-state index in [1.54, 1.807) is 7.05 Å². The highest BCUT2D eigenvalue weighted by molar-refractivity contribution is 14.0.